The Bertz CT molecular complexity index is 1070. The van der Waals surface area contributed by atoms with Crippen molar-refractivity contribution in [3.05, 3.63) is 64.6 Å². The van der Waals surface area contributed by atoms with E-state index in [0.29, 0.717) is 12.4 Å². The maximum absolute atomic E-state index is 13.0. The smallest absolute Gasteiger partial charge is 0.266 e. The highest BCUT2D eigenvalue weighted by molar-refractivity contribution is 5.92. The number of hydrogen-bond donors (Lipinski definition) is 1. The molecule has 4 rings (SSSR count). The summed E-state index contributed by atoms with van der Waals surface area (Å²) < 4.78 is 3.07. The Morgan fingerprint density at radius 2 is 1.93 bits per heavy atom. The third-order valence-corrected chi connectivity index (χ3v) is 5.15. The van der Waals surface area contributed by atoms with E-state index in [4.69, 9.17) is 0 Å². The van der Waals surface area contributed by atoms with Gasteiger partial charge in [-0.05, 0) is 38.0 Å². The molecule has 3 aromatic rings. The molecule has 1 aliphatic heterocycles. The van der Waals surface area contributed by atoms with Gasteiger partial charge in [0.05, 0.1) is 17.3 Å². The van der Waals surface area contributed by atoms with Gasteiger partial charge in [-0.3, -0.25) is 9.59 Å². The zero-order valence-electron chi connectivity index (χ0n) is 16.6. The standard InChI is InChI=1S/C21H24N6O2/c1-15-13-19(27(23-15)17-8-4-3-5-9-17)22-21(29)16-7-6-12-26(14-16)18-10-11-20(28)25(2)24-18/h3-5,8-11,13,16H,6-7,12,14H2,1-2H3,(H,22,29). The lowest BCUT2D eigenvalue weighted by Gasteiger charge is -2.32. The number of hydrogen-bond acceptors (Lipinski definition) is 5. The van der Waals surface area contributed by atoms with Gasteiger partial charge < -0.3 is 10.2 Å². The molecular weight excluding hydrogens is 368 g/mol. The molecule has 8 nitrogen and oxygen atoms in total. The number of rotatable bonds is 4. The van der Waals surface area contributed by atoms with Crippen molar-refractivity contribution in [3.63, 3.8) is 0 Å². The number of carbonyl (C=O) groups excluding carboxylic acids is 1. The van der Waals surface area contributed by atoms with E-state index in [2.05, 4.69) is 20.4 Å². The quantitative estimate of drug-likeness (QED) is 0.735. The molecule has 29 heavy (non-hydrogen) atoms. The second kappa shape index (κ2) is 7.90. The second-order valence-electron chi connectivity index (χ2n) is 7.35. The first-order chi connectivity index (χ1) is 14.0. The zero-order valence-corrected chi connectivity index (χ0v) is 16.6. The third kappa shape index (κ3) is 4.06. The van der Waals surface area contributed by atoms with Crippen LogP contribution in [-0.2, 0) is 11.8 Å². The highest BCUT2D eigenvalue weighted by atomic mass is 16.2. The molecule has 1 N–H and O–H groups in total. The van der Waals surface area contributed by atoms with Crippen LogP contribution in [0.25, 0.3) is 5.69 Å². The van der Waals surface area contributed by atoms with Crippen LogP contribution in [0.1, 0.15) is 18.5 Å². The molecule has 0 bridgehead atoms. The first kappa shape index (κ1) is 18.9. The summed E-state index contributed by atoms with van der Waals surface area (Å²) >= 11 is 0. The Kier molecular flexibility index (Phi) is 5.16. The molecule has 1 aliphatic rings. The number of nitrogens with zero attached hydrogens (tertiary/aromatic N) is 5. The van der Waals surface area contributed by atoms with Crippen molar-refractivity contribution in [1.29, 1.82) is 0 Å². The molecule has 3 heterocycles. The summed E-state index contributed by atoms with van der Waals surface area (Å²) in [6.45, 7) is 3.29. The number of aryl methyl sites for hydroxylation is 2. The predicted molar refractivity (Wildman–Crippen MR) is 111 cm³/mol. The van der Waals surface area contributed by atoms with E-state index in [1.165, 1.54) is 10.7 Å². The molecule has 1 saturated heterocycles. The van der Waals surface area contributed by atoms with Crippen LogP contribution >= 0.6 is 0 Å². The van der Waals surface area contributed by atoms with Crippen LogP contribution in [0, 0.1) is 12.8 Å². The van der Waals surface area contributed by atoms with Crippen molar-refractivity contribution in [2.75, 3.05) is 23.3 Å². The van der Waals surface area contributed by atoms with Crippen molar-refractivity contribution < 1.29 is 4.79 Å². The van der Waals surface area contributed by atoms with Gasteiger partial charge in [-0.1, -0.05) is 18.2 Å². The summed E-state index contributed by atoms with van der Waals surface area (Å²) in [5, 5.41) is 11.9. The van der Waals surface area contributed by atoms with Gasteiger partial charge in [-0.2, -0.15) is 10.2 Å². The summed E-state index contributed by atoms with van der Waals surface area (Å²) in [4.78, 5) is 26.7. The number of piperidine rings is 1. The lowest BCUT2D eigenvalue weighted by molar-refractivity contribution is -0.120. The van der Waals surface area contributed by atoms with Crippen molar-refractivity contribution in [3.8, 4) is 5.69 Å². The maximum Gasteiger partial charge on any atom is 0.266 e. The summed E-state index contributed by atoms with van der Waals surface area (Å²) in [6, 6.07) is 14.8. The number of carbonyl (C=O) groups is 1. The average molecular weight is 392 g/mol. The lowest BCUT2D eigenvalue weighted by atomic mass is 9.97. The largest absolute Gasteiger partial charge is 0.354 e. The van der Waals surface area contributed by atoms with Gasteiger partial charge >= 0.3 is 0 Å². The average Bonchev–Trinajstić information content (AvgIpc) is 3.11. The lowest BCUT2D eigenvalue weighted by Crippen LogP contribution is -2.42. The van der Waals surface area contributed by atoms with E-state index < -0.39 is 0 Å². The minimum absolute atomic E-state index is 0.0309. The van der Waals surface area contributed by atoms with E-state index in [1.54, 1.807) is 17.8 Å². The topological polar surface area (TPSA) is 85.0 Å². The minimum Gasteiger partial charge on any atom is -0.354 e. The Labute approximate surface area is 168 Å². The van der Waals surface area contributed by atoms with Crippen LogP contribution < -0.4 is 15.8 Å². The molecule has 8 heteroatoms. The number of para-hydroxylation sites is 1. The molecule has 1 fully saturated rings. The molecular formula is C21H24N6O2. The molecule has 0 aliphatic carbocycles. The van der Waals surface area contributed by atoms with Gasteiger partial charge in [-0.25, -0.2) is 9.36 Å². The molecule has 0 radical (unpaired) electrons. The molecule has 2 aromatic heterocycles. The van der Waals surface area contributed by atoms with Crippen LogP contribution in [-0.4, -0.2) is 38.6 Å². The molecule has 1 unspecified atom stereocenters. The zero-order chi connectivity index (χ0) is 20.4. The normalized spacial score (nSPS) is 16.6. The molecule has 1 aromatic carbocycles. The fourth-order valence-corrected chi connectivity index (χ4v) is 3.64. The van der Waals surface area contributed by atoms with Crippen LogP contribution in [0.4, 0.5) is 11.6 Å². The number of nitrogens with one attached hydrogen (secondary N) is 1. The first-order valence-electron chi connectivity index (χ1n) is 9.73. The summed E-state index contributed by atoms with van der Waals surface area (Å²) in [6.07, 6.45) is 1.70. The van der Waals surface area contributed by atoms with Crippen molar-refractivity contribution in [2.24, 2.45) is 13.0 Å². The summed E-state index contributed by atoms with van der Waals surface area (Å²) in [7, 11) is 1.63. The van der Waals surface area contributed by atoms with Crippen LogP contribution in [0.3, 0.4) is 0 Å². The molecule has 1 amide bonds. The monoisotopic (exact) mass is 392 g/mol. The van der Waals surface area contributed by atoms with E-state index in [-0.39, 0.29) is 17.4 Å². The van der Waals surface area contributed by atoms with Gasteiger partial charge in [-0.15, -0.1) is 0 Å². The molecule has 0 spiro atoms. The Balaban J connectivity index is 1.50. The number of anilines is 2. The highest BCUT2D eigenvalue weighted by Gasteiger charge is 2.27. The van der Waals surface area contributed by atoms with Crippen molar-refractivity contribution in [1.82, 2.24) is 19.6 Å². The summed E-state index contributed by atoms with van der Waals surface area (Å²) in [5.74, 6) is 1.18. The van der Waals surface area contributed by atoms with E-state index in [1.807, 2.05) is 43.3 Å². The second-order valence-corrected chi connectivity index (χ2v) is 7.35. The fraction of sp³-hybridized carbons (Fsp3) is 0.333. The fourth-order valence-electron chi connectivity index (χ4n) is 3.64. The Hall–Kier alpha value is -3.42. The Morgan fingerprint density at radius 1 is 1.14 bits per heavy atom. The van der Waals surface area contributed by atoms with E-state index >= 15 is 0 Å². The third-order valence-electron chi connectivity index (χ3n) is 5.15. The van der Waals surface area contributed by atoms with E-state index in [9.17, 15) is 9.59 Å². The van der Waals surface area contributed by atoms with Crippen LogP contribution in [0.2, 0.25) is 0 Å². The van der Waals surface area contributed by atoms with Gasteiger partial charge in [0.1, 0.15) is 11.6 Å². The SMILES string of the molecule is Cc1cc(NC(=O)C2CCCN(c3ccc(=O)n(C)n3)C2)n(-c2ccccc2)n1. The van der Waals surface area contributed by atoms with Crippen LogP contribution in [0.15, 0.2) is 53.3 Å². The maximum atomic E-state index is 13.0. The number of benzene rings is 1. The van der Waals surface area contributed by atoms with Crippen LogP contribution in [0.5, 0.6) is 0 Å². The first-order valence-corrected chi connectivity index (χ1v) is 9.73. The van der Waals surface area contributed by atoms with Gasteiger partial charge in [0.2, 0.25) is 5.91 Å². The number of amides is 1. The number of aromatic nitrogens is 4. The van der Waals surface area contributed by atoms with Crippen molar-refractivity contribution >= 4 is 17.5 Å². The van der Waals surface area contributed by atoms with Gasteiger partial charge in [0, 0.05) is 32.3 Å². The predicted octanol–water partition coefficient (Wildman–Crippen LogP) is 2.13. The van der Waals surface area contributed by atoms with Crippen molar-refractivity contribution in [2.45, 2.75) is 19.8 Å². The summed E-state index contributed by atoms with van der Waals surface area (Å²) in [5.41, 5.74) is 1.59. The molecule has 150 valence electrons. The van der Waals surface area contributed by atoms with Gasteiger partial charge in [0.25, 0.3) is 5.56 Å². The minimum atomic E-state index is -0.165. The van der Waals surface area contributed by atoms with E-state index in [0.717, 1.165) is 36.6 Å². The highest BCUT2D eigenvalue weighted by Crippen LogP contribution is 2.23. The molecule has 1 atom stereocenters. The van der Waals surface area contributed by atoms with Gasteiger partial charge in [0.15, 0.2) is 0 Å². The molecule has 0 saturated carbocycles. The Morgan fingerprint density at radius 3 is 2.69 bits per heavy atom.